The molecule has 1 aliphatic heterocycles. The van der Waals surface area contributed by atoms with E-state index in [4.69, 9.17) is 16.2 Å². The van der Waals surface area contributed by atoms with E-state index in [2.05, 4.69) is 26.6 Å². The van der Waals surface area contributed by atoms with Crippen molar-refractivity contribution in [2.24, 2.45) is 23.3 Å². The Hall–Kier alpha value is -5.65. The smallest absolute Gasteiger partial charge is 0.408 e. The van der Waals surface area contributed by atoms with Gasteiger partial charge >= 0.3 is 6.09 Å². The fraction of sp³-hybridized carbons (Fsp3) is 0.512. The Bertz CT molecular complexity index is 1750. The van der Waals surface area contributed by atoms with Crippen molar-refractivity contribution in [3.63, 3.8) is 0 Å². The van der Waals surface area contributed by atoms with Gasteiger partial charge in [0, 0.05) is 18.1 Å². The highest BCUT2D eigenvalue weighted by atomic mass is 32.2. The highest BCUT2D eigenvalue weighted by Crippen LogP contribution is 2.22. The van der Waals surface area contributed by atoms with E-state index in [0.29, 0.717) is 18.6 Å². The summed E-state index contributed by atoms with van der Waals surface area (Å²) in [6, 6.07) is 12.5. The van der Waals surface area contributed by atoms with Gasteiger partial charge in [0.05, 0.1) is 13.0 Å². The molecule has 1 fully saturated rings. The number of rotatable bonds is 23. The van der Waals surface area contributed by atoms with Gasteiger partial charge < -0.3 is 47.7 Å². The highest BCUT2D eigenvalue weighted by molar-refractivity contribution is 7.98. The first-order valence-electron chi connectivity index (χ1n) is 19.7. The van der Waals surface area contributed by atoms with Gasteiger partial charge in [-0.15, -0.1) is 0 Å². The Labute approximate surface area is 349 Å². The number of amides is 8. The average molecular weight is 839 g/mol. The molecule has 9 N–H and O–H groups in total. The SMILES string of the molecule is CC[C@H](C)[C@H](NC(=O)OCc1ccccc1)C(=O)N[C@@H](CC(N)=O)C(=O)N[C@@H](CSCc1ccccc1)C(=O)N1CCC[C@H]1C(=O)N[C@@H](CC(C)C)C(=O)NCC(N)=O. The number of nitrogens with zero attached hydrogens (tertiary/aromatic N) is 1. The van der Waals surface area contributed by atoms with Gasteiger partial charge in [-0.3, -0.25) is 33.6 Å². The lowest BCUT2D eigenvalue weighted by atomic mass is 9.98. The van der Waals surface area contributed by atoms with Crippen LogP contribution in [-0.4, -0.2) is 101 Å². The maximum absolute atomic E-state index is 14.3. The molecular formula is C41H58N8O9S. The Morgan fingerprint density at radius 1 is 0.780 bits per heavy atom. The van der Waals surface area contributed by atoms with E-state index in [9.17, 15) is 38.4 Å². The Kier molecular flexibility index (Phi) is 19.7. The lowest BCUT2D eigenvalue weighted by molar-refractivity contribution is -0.142. The summed E-state index contributed by atoms with van der Waals surface area (Å²) < 4.78 is 5.32. The summed E-state index contributed by atoms with van der Waals surface area (Å²) in [6.45, 7) is 6.99. The standard InChI is InChI=1S/C41H58N8O9S/c1-5-26(4)35(48-41(57)58-22-27-13-8-6-9-14-27)39(55)46-30(20-33(42)50)37(53)47-31(24-59-23-28-15-10-7-11-16-28)40(56)49-18-12-17-32(49)38(54)45-29(19-25(2)3)36(52)44-21-34(43)51/h6-11,13-16,25-26,29-32,35H,5,12,17-24H2,1-4H3,(H2,42,50)(H2,43,51)(H,44,52)(H,45,54)(H,46,55)(H,47,53)(H,48,57)/t26-,29-,30-,31-,32-,35-/m0/s1. The molecule has 0 spiro atoms. The summed E-state index contributed by atoms with van der Waals surface area (Å²) >= 11 is 1.35. The number of hydrogen-bond donors (Lipinski definition) is 7. The first-order chi connectivity index (χ1) is 28.1. The summed E-state index contributed by atoms with van der Waals surface area (Å²) in [7, 11) is 0. The van der Waals surface area contributed by atoms with Crippen molar-refractivity contribution in [3.05, 3.63) is 71.8 Å². The third kappa shape index (κ3) is 16.3. The summed E-state index contributed by atoms with van der Waals surface area (Å²) in [4.78, 5) is 106. The molecular weight excluding hydrogens is 781 g/mol. The largest absolute Gasteiger partial charge is 0.445 e. The van der Waals surface area contributed by atoms with Crippen LogP contribution in [0.5, 0.6) is 0 Å². The number of likely N-dealkylation sites (tertiary alicyclic amines) is 1. The Morgan fingerprint density at radius 3 is 2.00 bits per heavy atom. The lowest BCUT2D eigenvalue weighted by Crippen LogP contribution is -2.60. The van der Waals surface area contributed by atoms with Gasteiger partial charge in [-0.1, -0.05) is 94.8 Å². The quantitative estimate of drug-likeness (QED) is 0.0842. The Morgan fingerprint density at radius 2 is 1.41 bits per heavy atom. The van der Waals surface area contributed by atoms with Gasteiger partial charge in [0.1, 0.15) is 36.8 Å². The molecule has 0 saturated carbocycles. The molecule has 59 heavy (non-hydrogen) atoms. The zero-order valence-electron chi connectivity index (χ0n) is 34.1. The summed E-state index contributed by atoms with van der Waals surface area (Å²) in [5.74, 6) is -4.98. The van der Waals surface area contributed by atoms with Crippen molar-refractivity contribution in [1.82, 2.24) is 31.5 Å². The zero-order valence-corrected chi connectivity index (χ0v) is 34.9. The van der Waals surface area contributed by atoms with Crippen LogP contribution in [-0.2, 0) is 50.7 Å². The molecule has 6 atom stereocenters. The minimum absolute atomic E-state index is 0.0132. The van der Waals surface area contributed by atoms with Crippen LogP contribution in [0, 0.1) is 11.8 Å². The summed E-state index contributed by atoms with van der Waals surface area (Å²) in [5, 5.41) is 13.0. The maximum atomic E-state index is 14.3. The molecule has 0 bridgehead atoms. The molecule has 0 unspecified atom stereocenters. The number of benzene rings is 2. The summed E-state index contributed by atoms with van der Waals surface area (Å²) in [6.07, 6.45) is -0.0309. The van der Waals surface area contributed by atoms with Gasteiger partial charge in [-0.25, -0.2) is 4.79 Å². The van der Waals surface area contributed by atoms with Crippen LogP contribution in [0.25, 0.3) is 0 Å². The van der Waals surface area contributed by atoms with Crippen LogP contribution >= 0.6 is 11.8 Å². The molecule has 2 aromatic rings. The monoisotopic (exact) mass is 838 g/mol. The average Bonchev–Trinajstić information content (AvgIpc) is 3.70. The van der Waals surface area contributed by atoms with Crippen LogP contribution < -0.4 is 38.1 Å². The van der Waals surface area contributed by atoms with Crippen molar-refractivity contribution < 1.29 is 43.1 Å². The summed E-state index contributed by atoms with van der Waals surface area (Å²) in [5.41, 5.74) is 12.4. The van der Waals surface area contributed by atoms with Crippen molar-refractivity contribution in [3.8, 4) is 0 Å². The number of hydrogen-bond acceptors (Lipinski definition) is 10. The fourth-order valence-corrected chi connectivity index (χ4v) is 7.36. The molecule has 1 saturated heterocycles. The van der Waals surface area contributed by atoms with Crippen LogP contribution in [0.1, 0.15) is 70.9 Å². The first kappa shape index (κ1) is 47.7. The number of primary amides is 2. The molecule has 18 heteroatoms. The zero-order chi connectivity index (χ0) is 43.5. The minimum atomic E-state index is -1.53. The third-order valence-electron chi connectivity index (χ3n) is 9.65. The van der Waals surface area contributed by atoms with Crippen molar-refractivity contribution in [2.75, 3.05) is 18.8 Å². The number of alkyl carbamates (subject to hydrolysis) is 1. The predicted molar refractivity (Wildman–Crippen MR) is 222 cm³/mol. The molecule has 3 rings (SSSR count). The number of carbonyl (C=O) groups is 8. The molecule has 0 radical (unpaired) electrons. The molecule has 322 valence electrons. The van der Waals surface area contributed by atoms with E-state index in [1.54, 1.807) is 31.2 Å². The number of nitrogens with two attached hydrogens (primary N) is 2. The molecule has 1 aliphatic rings. The predicted octanol–water partition coefficient (Wildman–Crippen LogP) is 1.23. The molecule has 1 heterocycles. The van der Waals surface area contributed by atoms with E-state index in [0.717, 1.165) is 11.1 Å². The van der Waals surface area contributed by atoms with Crippen molar-refractivity contribution >= 4 is 59.2 Å². The maximum Gasteiger partial charge on any atom is 0.408 e. The second-order valence-corrected chi connectivity index (χ2v) is 16.0. The number of nitrogens with one attached hydrogen (secondary N) is 5. The van der Waals surface area contributed by atoms with Gasteiger partial charge in [0.25, 0.3) is 0 Å². The van der Waals surface area contributed by atoms with Crippen LogP contribution in [0.15, 0.2) is 60.7 Å². The van der Waals surface area contributed by atoms with Gasteiger partial charge in [0.15, 0.2) is 0 Å². The molecule has 17 nitrogen and oxygen atoms in total. The molecule has 2 aromatic carbocycles. The van der Waals surface area contributed by atoms with Crippen LogP contribution in [0.4, 0.5) is 4.79 Å². The number of carbonyl (C=O) groups excluding carboxylic acids is 8. The second kappa shape index (κ2) is 24.3. The van der Waals surface area contributed by atoms with Gasteiger partial charge in [-0.05, 0) is 42.2 Å². The fourth-order valence-electron chi connectivity index (χ4n) is 6.35. The van der Waals surface area contributed by atoms with Crippen LogP contribution in [0.2, 0.25) is 0 Å². The number of ether oxygens (including phenoxy) is 1. The van der Waals surface area contributed by atoms with E-state index in [1.165, 1.54) is 16.7 Å². The second-order valence-electron chi connectivity index (χ2n) is 14.9. The van der Waals surface area contributed by atoms with Gasteiger partial charge in [0.2, 0.25) is 41.4 Å². The van der Waals surface area contributed by atoms with Crippen molar-refractivity contribution in [1.29, 1.82) is 0 Å². The van der Waals surface area contributed by atoms with E-state index in [1.807, 2.05) is 57.2 Å². The number of thioether (sulfide) groups is 1. The Balaban J connectivity index is 1.82. The highest BCUT2D eigenvalue weighted by Gasteiger charge is 2.40. The van der Waals surface area contributed by atoms with E-state index >= 15 is 0 Å². The molecule has 0 aliphatic carbocycles. The van der Waals surface area contributed by atoms with Gasteiger partial charge in [-0.2, -0.15) is 11.8 Å². The molecule has 0 aromatic heterocycles. The molecule has 8 amide bonds. The van der Waals surface area contributed by atoms with Crippen molar-refractivity contribution in [2.45, 2.75) is 102 Å². The topological polar surface area (TPSA) is 261 Å². The first-order valence-corrected chi connectivity index (χ1v) is 20.9. The van der Waals surface area contributed by atoms with E-state index < -0.39 is 96.5 Å². The lowest BCUT2D eigenvalue weighted by Gasteiger charge is -2.31. The normalized spacial score (nSPS) is 16.1. The van der Waals surface area contributed by atoms with Crippen LogP contribution in [0.3, 0.4) is 0 Å². The van der Waals surface area contributed by atoms with E-state index in [-0.39, 0.29) is 37.7 Å². The third-order valence-corrected chi connectivity index (χ3v) is 10.8. The minimum Gasteiger partial charge on any atom is -0.445 e.